The summed E-state index contributed by atoms with van der Waals surface area (Å²) >= 11 is 0. The lowest BCUT2D eigenvalue weighted by molar-refractivity contribution is 0.0690. The predicted octanol–water partition coefficient (Wildman–Crippen LogP) is 2.81. The Morgan fingerprint density at radius 1 is 1.29 bits per heavy atom. The van der Waals surface area contributed by atoms with Crippen molar-refractivity contribution in [2.24, 2.45) is 0 Å². The number of carbonyl (C=O) groups excluding carboxylic acids is 1. The van der Waals surface area contributed by atoms with Gasteiger partial charge in [-0.25, -0.2) is 9.78 Å². The quantitative estimate of drug-likeness (QED) is 0.701. The van der Waals surface area contributed by atoms with E-state index in [0.717, 1.165) is 29.5 Å². The van der Waals surface area contributed by atoms with E-state index in [9.17, 15) is 9.59 Å². The molecular formula is C20H18N4O4. The summed E-state index contributed by atoms with van der Waals surface area (Å²) in [5, 5.41) is 16.0. The van der Waals surface area contributed by atoms with E-state index < -0.39 is 5.97 Å². The average molecular weight is 378 g/mol. The summed E-state index contributed by atoms with van der Waals surface area (Å²) in [6, 6.07) is 8.57. The monoisotopic (exact) mass is 378 g/mol. The Bertz CT molecular complexity index is 1060. The molecule has 0 fully saturated rings. The minimum atomic E-state index is -1.17. The molecule has 3 aromatic rings. The van der Waals surface area contributed by atoms with E-state index >= 15 is 0 Å². The van der Waals surface area contributed by atoms with Gasteiger partial charge in [0.25, 0.3) is 5.91 Å². The number of aromatic carboxylic acids is 1. The summed E-state index contributed by atoms with van der Waals surface area (Å²) in [4.78, 5) is 31.7. The minimum absolute atomic E-state index is 0.130. The van der Waals surface area contributed by atoms with Crippen molar-refractivity contribution < 1.29 is 19.2 Å². The van der Waals surface area contributed by atoms with E-state index in [1.807, 2.05) is 25.1 Å². The average Bonchev–Trinajstić information content (AvgIpc) is 3.35. The van der Waals surface area contributed by atoms with Gasteiger partial charge in [0.1, 0.15) is 5.69 Å². The molecule has 0 spiro atoms. The van der Waals surface area contributed by atoms with Crippen molar-refractivity contribution in [3.8, 4) is 11.4 Å². The molecule has 0 saturated carbocycles. The minimum Gasteiger partial charge on any atom is -0.477 e. The van der Waals surface area contributed by atoms with E-state index in [1.165, 1.54) is 18.3 Å². The Morgan fingerprint density at radius 2 is 2.14 bits per heavy atom. The number of pyridine rings is 1. The molecule has 2 N–H and O–H groups in total. The third-order valence-electron chi connectivity index (χ3n) is 4.80. The highest BCUT2D eigenvalue weighted by Crippen LogP contribution is 2.34. The van der Waals surface area contributed by atoms with Crippen molar-refractivity contribution in [3.63, 3.8) is 0 Å². The van der Waals surface area contributed by atoms with Crippen LogP contribution in [0.3, 0.4) is 0 Å². The normalized spacial score (nSPS) is 15.2. The third kappa shape index (κ3) is 3.36. The molecule has 8 heteroatoms. The second kappa shape index (κ2) is 7.22. The Balaban J connectivity index is 1.52. The first-order valence-corrected chi connectivity index (χ1v) is 9.01. The first-order valence-electron chi connectivity index (χ1n) is 9.01. The van der Waals surface area contributed by atoms with Gasteiger partial charge < -0.3 is 14.9 Å². The van der Waals surface area contributed by atoms with Gasteiger partial charge in [0.2, 0.25) is 11.7 Å². The second-order valence-electron chi connectivity index (χ2n) is 6.58. The molecule has 142 valence electrons. The molecule has 28 heavy (non-hydrogen) atoms. The van der Waals surface area contributed by atoms with Gasteiger partial charge in [-0.05, 0) is 42.2 Å². The number of nitrogens with one attached hydrogen (secondary N) is 1. The maximum absolute atomic E-state index is 12.5. The SMILES string of the molecule is CCc1nc(-c2ccc3c(c2)CC[C@H]3NC(=O)c2ccnc(C(=O)O)c2)no1. The van der Waals surface area contributed by atoms with Crippen LogP contribution in [-0.2, 0) is 12.8 Å². The number of hydrogen-bond acceptors (Lipinski definition) is 6. The maximum atomic E-state index is 12.5. The molecule has 0 aliphatic heterocycles. The number of aromatic nitrogens is 3. The predicted molar refractivity (Wildman–Crippen MR) is 98.8 cm³/mol. The van der Waals surface area contributed by atoms with Crippen LogP contribution in [0.1, 0.15) is 57.3 Å². The van der Waals surface area contributed by atoms with E-state index in [-0.39, 0.29) is 23.2 Å². The number of benzene rings is 1. The van der Waals surface area contributed by atoms with Crippen LogP contribution < -0.4 is 5.32 Å². The summed E-state index contributed by atoms with van der Waals surface area (Å²) in [7, 11) is 0. The lowest BCUT2D eigenvalue weighted by Gasteiger charge is -2.14. The summed E-state index contributed by atoms with van der Waals surface area (Å²) in [5.41, 5.74) is 3.18. The van der Waals surface area contributed by atoms with Crippen molar-refractivity contribution in [1.82, 2.24) is 20.4 Å². The molecule has 0 radical (unpaired) electrons. The number of carboxylic acid groups (broad SMARTS) is 1. The van der Waals surface area contributed by atoms with E-state index in [0.29, 0.717) is 18.1 Å². The van der Waals surface area contributed by atoms with Gasteiger partial charge in [0.05, 0.1) is 6.04 Å². The lowest BCUT2D eigenvalue weighted by atomic mass is 10.0. The lowest BCUT2D eigenvalue weighted by Crippen LogP contribution is -2.27. The number of carbonyl (C=O) groups is 2. The zero-order chi connectivity index (χ0) is 19.7. The van der Waals surface area contributed by atoms with E-state index in [2.05, 4.69) is 20.4 Å². The number of carboxylic acids is 1. The topological polar surface area (TPSA) is 118 Å². The molecule has 8 nitrogen and oxygen atoms in total. The summed E-state index contributed by atoms with van der Waals surface area (Å²) in [6.07, 6.45) is 3.60. The second-order valence-corrected chi connectivity index (χ2v) is 6.58. The van der Waals surface area contributed by atoms with Gasteiger partial charge in [-0.3, -0.25) is 4.79 Å². The fourth-order valence-electron chi connectivity index (χ4n) is 3.35. The molecule has 1 aliphatic carbocycles. The highest BCUT2D eigenvalue weighted by molar-refractivity contribution is 5.96. The van der Waals surface area contributed by atoms with Gasteiger partial charge in [0, 0.05) is 23.7 Å². The zero-order valence-corrected chi connectivity index (χ0v) is 15.2. The van der Waals surface area contributed by atoms with Crippen molar-refractivity contribution in [2.75, 3.05) is 0 Å². The Kier molecular flexibility index (Phi) is 4.60. The van der Waals surface area contributed by atoms with Crippen molar-refractivity contribution >= 4 is 11.9 Å². The molecule has 1 aromatic carbocycles. The van der Waals surface area contributed by atoms with Crippen LogP contribution >= 0.6 is 0 Å². The van der Waals surface area contributed by atoms with Crippen LogP contribution in [0.2, 0.25) is 0 Å². The Morgan fingerprint density at radius 3 is 2.89 bits per heavy atom. The fourth-order valence-corrected chi connectivity index (χ4v) is 3.35. The van der Waals surface area contributed by atoms with Crippen LogP contribution in [0.15, 0.2) is 41.1 Å². The summed E-state index contributed by atoms with van der Waals surface area (Å²) in [5.74, 6) is -0.331. The highest BCUT2D eigenvalue weighted by Gasteiger charge is 2.25. The number of aryl methyl sites for hydroxylation is 2. The third-order valence-corrected chi connectivity index (χ3v) is 4.80. The van der Waals surface area contributed by atoms with Gasteiger partial charge in [0.15, 0.2) is 0 Å². The number of amides is 1. The first-order chi connectivity index (χ1) is 13.5. The number of fused-ring (bicyclic) bond motifs is 1. The van der Waals surface area contributed by atoms with Crippen LogP contribution in [0.25, 0.3) is 11.4 Å². The molecule has 0 unspecified atom stereocenters. The Labute approximate surface area is 160 Å². The molecule has 1 aliphatic rings. The van der Waals surface area contributed by atoms with E-state index in [1.54, 1.807) is 0 Å². The number of rotatable bonds is 5. The number of nitrogens with zero attached hydrogens (tertiary/aromatic N) is 3. The molecule has 2 aromatic heterocycles. The van der Waals surface area contributed by atoms with Crippen molar-refractivity contribution in [1.29, 1.82) is 0 Å². The molecule has 0 bridgehead atoms. The highest BCUT2D eigenvalue weighted by atomic mass is 16.5. The van der Waals surface area contributed by atoms with Crippen LogP contribution in [-0.4, -0.2) is 32.1 Å². The number of hydrogen-bond donors (Lipinski definition) is 2. The summed E-state index contributed by atoms with van der Waals surface area (Å²) in [6.45, 7) is 1.95. The smallest absolute Gasteiger partial charge is 0.354 e. The van der Waals surface area contributed by atoms with Crippen LogP contribution in [0.5, 0.6) is 0 Å². The fraction of sp³-hybridized carbons (Fsp3) is 0.250. The maximum Gasteiger partial charge on any atom is 0.354 e. The van der Waals surface area contributed by atoms with Gasteiger partial charge in [-0.1, -0.05) is 24.2 Å². The van der Waals surface area contributed by atoms with Crippen molar-refractivity contribution in [2.45, 2.75) is 32.2 Å². The molecule has 1 amide bonds. The van der Waals surface area contributed by atoms with E-state index in [4.69, 9.17) is 9.63 Å². The van der Waals surface area contributed by atoms with Gasteiger partial charge in [-0.15, -0.1) is 0 Å². The van der Waals surface area contributed by atoms with Crippen LogP contribution in [0.4, 0.5) is 0 Å². The molecule has 1 atom stereocenters. The van der Waals surface area contributed by atoms with Gasteiger partial charge >= 0.3 is 5.97 Å². The zero-order valence-electron chi connectivity index (χ0n) is 15.2. The molecule has 2 heterocycles. The largest absolute Gasteiger partial charge is 0.477 e. The molecule has 0 saturated heterocycles. The van der Waals surface area contributed by atoms with Crippen LogP contribution in [0, 0.1) is 0 Å². The molecule has 4 rings (SSSR count). The van der Waals surface area contributed by atoms with Crippen molar-refractivity contribution in [3.05, 3.63) is 64.8 Å². The summed E-state index contributed by atoms with van der Waals surface area (Å²) < 4.78 is 5.17. The molecular weight excluding hydrogens is 360 g/mol. The first kappa shape index (κ1) is 17.8. The standard InChI is InChI=1S/C20H18N4O4/c1-2-17-23-18(24-28-17)12-3-5-14-11(9-12)4-6-15(14)22-19(25)13-7-8-21-16(10-13)20(26)27/h3,5,7-10,15H,2,4,6H2,1H3,(H,22,25)(H,26,27)/t15-/m1/s1. The van der Waals surface area contributed by atoms with Gasteiger partial charge in [-0.2, -0.15) is 4.98 Å². The Hall–Kier alpha value is -3.55.